The second-order valence-electron chi connectivity index (χ2n) is 7.07. The van der Waals surface area contributed by atoms with Crippen LogP contribution in [0.5, 0.6) is 0 Å². The molecule has 1 saturated carbocycles. The number of sulfone groups is 1. The molecule has 1 fully saturated rings. The number of nitrogens with one attached hydrogen (secondary N) is 1. The number of halogens is 1. The van der Waals surface area contributed by atoms with E-state index in [0.29, 0.717) is 6.54 Å². The Balaban J connectivity index is 1.85. The van der Waals surface area contributed by atoms with Gasteiger partial charge >= 0.3 is 0 Å². The van der Waals surface area contributed by atoms with E-state index in [2.05, 4.69) is 21.2 Å². The molecule has 0 heterocycles. The van der Waals surface area contributed by atoms with Gasteiger partial charge in [-0.05, 0) is 36.6 Å². The third kappa shape index (κ3) is 4.25. The average Bonchev–Trinajstić information content (AvgIpc) is 2.59. The van der Waals surface area contributed by atoms with Crippen molar-refractivity contribution in [1.82, 2.24) is 5.32 Å². The van der Waals surface area contributed by atoms with Crippen molar-refractivity contribution in [3.8, 4) is 0 Å². The van der Waals surface area contributed by atoms with Crippen molar-refractivity contribution in [1.29, 1.82) is 0 Å². The fourth-order valence-corrected chi connectivity index (χ4v) is 4.45. The number of hydrogen-bond acceptors (Lipinski definition) is 5. The molecule has 0 radical (unpaired) electrons. The Kier molecular flexibility index (Phi) is 5.58. The summed E-state index contributed by atoms with van der Waals surface area (Å²) < 4.78 is 24.6. The Morgan fingerprint density at radius 1 is 1.25 bits per heavy atom. The molecule has 1 amide bonds. The summed E-state index contributed by atoms with van der Waals surface area (Å²) >= 11 is 3.46. The third-order valence-corrected chi connectivity index (χ3v) is 6.71. The van der Waals surface area contributed by atoms with Crippen LogP contribution in [-0.4, -0.2) is 32.0 Å². The lowest BCUT2D eigenvalue weighted by molar-refractivity contribution is -0.385. The molecule has 7 nitrogen and oxygen atoms in total. The van der Waals surface area contributed by atoms with Gasteiger partial charge in [0.15, 0.2) is 9.84 Å². The van der Waals surface area contributed by atoms with Crippen molar-refractivity contribution in [2.45, 2.75) is 29.6 Å². The van der Waals surface area contributed by atoms with E-state index in [1.54, 1.807) is 0 Å². The van der Waals surface area contributed by atoms with Crippen LogP contribution >= 0.6 is 15.9 Å². The quantitative estimate of drug-likeness (QED) is 0.516. The summed E-state index contributed by atoms with van der Waals surface area (Å²) in [6, 6.07) is 11.2. The molecule has 0 spiro atoms. The normalized spacial score (nSPS) is 15.5. The molecule has 0 aliphatic heterocycles. The fraction of sp³-hybridized carbons (Fsp3) is 0.316. The zero-order valence-electron chi connectivity index (χ0n) is 15.1. The first-order chi connectivity index (χ1) is 13.1. The number of hydrogen-bond donors (Lipinski definition) is 1. The van der Waals surface area contributed by atoms with Gasteiger partial charge in [-0.3, -0.25) is 14.9 Å². The summed E-state index contributed by atoms with van der Waals surface area (Å²) in [6.45, 7) is 0.374. The van der Waals surface area contributed by atoms with E-state index in [1.165, 1.54) is 6.07 Å². The molecular formula is C19H19BrN2O5S. The van der Waals surface area contributed by atoms with Crippen molar-refractivity contribution in [2.24, 2.45) is 0 Å². The zero-order chi connectivity index (χ0) is 20.5. The molecule has 28 heavy (non-hydrogen) atoms. The lowest BCUT2D eigenvalue weighted by Crippen LogP contribution is -2.45. The summed E-state index contributed by atoms with van der Waals surface area (Å²) in [7, 11) is -3.69. The first kappa shape index (κ1) is 20.5. The number of nitro groups is 1. The lowest BCUT2D eigenvalue weighted by atomic mass is 9.64. The number of amides is 1. The van der Waals surface area contributed by atoms with Gasteiger partial charge in [-0.1, -0.05) is 34.5 Å². The van der Waals surface area contributed by atoms with E-state index in [-0.39, 0.29) is 15.9 Å². The van der Waals surface area contributed by atoms with Crippen molar-refractivity contribution in [2.75, 3.05) is 12.8 Å². The molecule has 0 aromatic heterocycles. The van der Waals surface area contributed by atoms with Crippen LogP contribution in [0.4, 0.5) is 5.69 Å². The molecule has 0 atom stereocenters. The molecule has 1 aliphatic rings. The minimum atomic E-state index is -3.69. The van der Waals surface area contributed by atoms with Gasteiger partial charge in [0.25, 0.3) is 11.6 Å². The van der Waals surface area contributed by atoms with Gasteiger partial charge in [-0.2, -0.15) is 0 Å². The average molecular weight is 467 g/mol. The Morgan fingerprint density at radius 3 is 2.50 bits per heavy atom. The third-order valence-electron chi connectivity index (χ3n) is 5.13. The van der Waals surface area contributed by atoms with Crippen molar-refractivity contribution >= 4 is 37.4 Å². The SMILES string of the molecule is CS(=O)(=O)c1cc(C(=O)NCC2(c3cccc(Br)c3)CCC2)cc([N+](=O)[O-])c1. The van der Waals surface area contributed by atoms with Crippen LogP contribution in [0, 0.1) is 10.1 Å². The van der Waals surface area contributed by atoms with Crippen LogP contribution in [0.1, 0.15) is 35.2 Å². The minimum Gasteiger partial charge on any atom is -0.351 e. The van der Waals surface area contributed by atoms with E-state index in [9.17, 15) is 23.3 Å². The van der Waals surface area contributed by atoms with Crippen molar-refractivity contribution < 1.29 is 18.1 Å². The Labute approximate surface area is 171 Å². The van der Waals surface area contributed by atoms with Gasteiger partial charge in [-0.15, -0.1) is 0 Å². The Morgan fingerprint density at radius 2 is 1.96 bits per heavy atom. The van der Waals surface area contributed by atoms with E-state index >= 15 is 0 Å². The van der Waals surface area contributed by atoms with Gasteiger partial charge < -0.3 is 5.32 Å². The molecule has 3 rings (SSSR count). The fourth-order valence-electron chi connectivity index (χ4n) is 3.37. The molecule has 1 aliphatic carbocycles. The molecule has 0 bridgehead atoms. The number of non-ortho nitro benzene ring substituents is 1. The number of rotatable bonds is 6. The van der Waals surface area contributed by atoms with Crippen LogP contribution in [-0.2, 0) is 15.3 Å². The molecular weight excluding hydrogens is 448 g/mol. The van der Waals surface area contributed by atoms with Gasteiger partial charge in [0.1, 0.15) is 0 Å². The molecule has 2 aromatic carbocycles. The van der Waals surface area contributed by atoms with Gasteiger partial charge in [-0.25, -0.2) is 8.42 Å². The second kappa shape index (κ2) is 7.63. The van der Waals surface area contributed by atoms with E-state index in [1.807, 2.05) is 24.3 Å². The van der Waals surface area contributed by atoms with E-state index < -0.39 is 26.4 Å². The summed E-state index contributed by atoms with van der Waals surface area (Å²) in [4.78, 5) is 22.8. The predicted octanol–water partition coefficient (Wildman–Crippen LogP) is 3.61. The highest BCUT2D eigenvalue weighted by Crippen LogP contribution is 2.43. The van der Waals surface area contributed by atoms with Crippen molar-refractivity contribution in [3.05, 3.63) is 68.2 Å². The first-order valence-electron chi connectivity index (χ1n) is 8.65. The Bertz CT molecular complexity index is 1050. The molecule has 148 valence electrons. The maximum Gasteiger partial charge on any atom is 0.271 e. The maximum atomic E-state index is 12.6. The Hall–Kier alpha value is -2.26. The molecule has 2 aromatic rings. The van der Waals surface area contributed by atoms with Gasteiger partial charge in [0, 0.05) is 40.4 Å². The number of nitro benzene ring substituents is 1. The van der Waals surface area contributed by atoms with Crippen LogP contribution in [0.3, 0.4) is 0 Å². The largest absolute Gasteiger partial charge is 0.351 e. The van der Waals surface area contributed by atoms with Crippen LogP contribution in [0.15, 0.2) is 51.8 Å². The van der Waals surface area contributed by atoms with Gasteiger partial charge in [0.05, 0.1) is 9.82 Å². The van der Waals surface area contributed by atoms with Crippen LogP contribution in [0.2, 0.25) is 0 Å². The summed E-state index contributed by atoms with van der Waals surface area (Å²) in [5, 5.41) is 14.0. The summed E-state index contributed by atoms with van der Waals surface area (Å²) in [5.41, 5.74) is 0.459. The predicted molar refractivity (Wildman–Crippen MR) is 108 cm³/mol. The highest BCUT2D eigenvalue weighted by atomic mass is 79.9. The topological polar surface area (TPSA) is 106 Å². The second-order valence-corrected chi connectivity index (χ2v) is 10.0. The molecule has 0 saturated heterocycles. The molecule has 9 heteroatoms. The smallest absolute Gasteiger partial charge is 0.271 e. The monoisotopic (exact) mass is 466 g/mol. The first-order valence-corrected chi connectivity index (χ1v) is 11.3. The number of benzene rings is 2. The zero-order valence-corrected chi connectivity index (χ0v) is 17.5. The highest BCUT2D eigenvalue weighted by molar-refractivity contribution is 9.10. The standard InChI is InChI=1S/C19H19BrN2O5S/c1-28(26,27)17-9-13(8-16(11-17)22(24)25)18(23)21-12-19(6-3-7-19)14-4-2-5-15(20)10-14/h2,4-5,8-11H,3,6-7,12H2,1H3,(H,21,23). The molecule has 1 N–H and O–H groups in total. The molecule has 0 unspecified atom stereocenters. The number of nitrogens with zero attached hydrogens (tertiary/aromatic N) is 1. The van der Waals surface area contributed by atoms with Crippen molar-refractivity contribution in [3.63, 3.8) is 0 Å². The summed E-state index contributed by atoms with van der Waals surface area (Å²) in [6.07, 6.45) is 3.85. The highest BCUT2D eigenvalue weighted by Gasteiger charge is 2.39. The van der Waals surface area contributed by atoms with Crippen LogP contribution in [0.25, 0.3) is 0 Å². The summed E-state index contributed by atoms with van der Waals surface area (Å²) in [5.74, 6) is -0.533. The van der Waals surface area contributed by atoms with E-state index in [0.717, 1.165) is 47.7 Å². The van der Waals surface area contributed by atoms with Crippen LogP contribution < -0.4 is 5.32 Å². The number of carbonyl (C=O) groups excluding carboxylic acids is 1. The minimum absolute atomic E-state index is 0.0432. The maximum absolute atomic E-state index is 12.6. The van der Waals surface area contributed by atoms with E-state index in [4.69, 9.17) is 0 Å². The van der Waals surface area contributed by atoms with Gasteiger partial charge in [0.2, 0.25) is 0 Å². The number of carbonyl (C=O) groups is 1. The lowest BCUT2D eigenvalue weighted by Gasteiger charge is -2.42.